The van der Waals surface area contributed by atoms with Gasteiger partial charge in [0.05, 0.1) is 0 Å². The fourth-order valence-electron chi connectivity index (χ4n) is 0.384. The zero-order valence-electron chi connectivity index (χ0n) is 5.79. The van der Waals surface area contributed by atoms with Crippen molar-refractivity contribution in [1.82, 2.24) is 0 Å². The molecule has 0 atom stereocenters. The number of hydrogen-bond donors (Lipinski definition) is 0. The Morgan fingerprint density at radius 2 is 1.75 bits per heavy atom. The van der Waals surface area contributed by atoms with Crippen LogP contribution in [0, 0.1) is 0 Å². The van der Waals surface area contributed by atoms with Gasteiger partial charge in [0.15, 0.2) is 0 Å². The van der Waals surface area contributed by atoms with Crippen LogP contribution in [-0.2, 0) is 0 Å². The Morgan fingerprint density at radius 3 is 1.75 bits per heavy atom. The number of halogens is 1. The molecule has 0 spiro atoms. The minimum absolute atomic E-state index is 0.0422. The second-order valence-corrected chi connectivity index (χ2v) is 9.97. The first-order chi connectivity index (χ1) is 3.68. The second kappa shape index (κ2) is 4.36. The standard InChI is InChI=1S/C6H13.HI.Sn/c1-4-6(3)5-2;;/h4-5H2,1-3H3;1H;/q;;+1/p-1. The normalized spacial score (nSPS) is 12.0. The molecule has 2 heteroatoms. The van der Waals surface area contributed by atoms with Crippen LogP contribution in [-0.4, -0.2) is 17.2 Å². The van der Waals surface area contributed by atoms with Crippen LogP contribution in [0.2, 0.25) is 3.43 Å². The molecular weight excluding hydrogens is 318 g/mol. The van der Waals surface area contributed by atoms with Crippen LogP contribution >= 0.6 is 18.6 Å². The molecule has 0 bridgehead atoms. The van der Waals surface area contributed by atoms with Crippen molar-refractivity contribution in [2.24, 2.45) is 0 Å². The van der Waals surface area contributed by atoms with Gasteiger partial charge in [-0.3, -0.25) is 0 Å². The fourth-order valence-corrected chi connectivity index (χ4v) is 6.26. The van der Waals surface area contributed by atoms with Gasteiger partial charge >= 0.3 is 72.9 Å². The van der Waals surface area contributed by atoms with Crippen molar-refractivity contribution in [3.63, 3.8) is 0 Å². The van der Waals surface area contributed by atoms with Gasteiger partial charge in [-0.15, -0.1) is 0 Å². The molecule has 0 N–H and O–H groups in total. The topological polar surface area (TPSA) is 0 Å². The van der Waals surface area contributed by atoms with Crippen LogP contribution in [0.25, 0.3) is 0 Å². The van der Waals surface area contributed by atoms with Gasteiger partial charge in [0, 0.05) is 0 Å². The zero-order chi connectivity index (χ0) is 6.62. The molecule has 0 rings (SSSR count). The summed E-state index contributed by atoms with van der Waals surface area (Å²) in [7, 11) is 0. The van der Waals surface area contributed by atoms with Crippen molar-refractivity contribution in [2.45, 2.75) is 37.0 Å². The summed E-state index contributed by atoms with van der Waals surface area (Å²) in [6, 6.07) is 0. The van der Waals surface area contributed by atoms with E-state index in [0.717, 1.165) is 3.43 Å². The van der Waals surface area contributed by atoms with Crippen molar-refractivity contribution in [3.8, 4) is 0 Å². The average Bonchev–Trinajstić information content (AvgIpc) is 1.87. The predicted molar refractivity (Wildman–Crippen MR) is 48.7 cm³/mol. The van der Waals surface area contributed by atoms with E-state index in [2.05, 4.69) is 39.4 Å². The fraction of sp³-hybridized carbons (Fsp3) is 1.00. The summed E-state index contributed by atoms with van der Waals surface area (Å²) in [6.45, 7) is 7.04. The van der Waals surface area contributed by atoms with Crippen LogP contribution in [0.15, 0.2) is 0 Å². The van der Waals surface area contributed by atoms with Gasteiger partial charge in [-0.05, 0) is 0 Å². The summed E-state index contributed by atoms with van der Waals surface area (Å²) in [5.74, 6) is 0. The van der Waals surface area contributed by atoms with Crippen LogP contribution in [0.3, 0.4) is 0 Å². The van der Waals surface area contributed by atoms with Crippen LogP contribution in [0.5, 0.6) is 0 Å². The summed E-state index contributed by atoms with van der Waals surface area (Å²) in [6.07, 6.45) is 2.78. The molecule has 0 saturated heterocycles. The van der Waals surface area contributed by atoms with Gasteiger partial charge in [0.25, 0.3) is 0 Å². The molecule has 0 aromatic rings. The summed E-state index contributed by atoms with van der Waals surface area (Å²) in [5, 5.41) is 0. The van der Waals surface area contributed by atoms with E-state index in [1.807, 2.05) is 0 Å². The SMILES string of the molecule is CC[C](C)(CC)[Sn][I]. The predicted octanol–water partition coefficient (Wildman–Crippen LogP) is 3.04. The molecule has 0 unspecified atom stereocenters. The third-order valence-electron chi connectivity index (χ3n) is 1.79. The minimum atomic E-state index is -0.0422. The third kappa shape index (κ3) is 2.89. The molecule has 0 nitrogen and oxygen atoms in total. The van der Waals surface area contributed by atoms with E-state index in [4.69, 9.17) is 0 Å². The number of rotatable bonds is 3. The van der Waals surface area contributed by atoms with E-state index in [1.165, 1.54) is 12.8 Å². The van der Waals surface area contributed by atoms with Crippen molar-refractivity contribution < 1.29 is 0 Å². The van der Waals surface area contributed by atoms with E-state index in [-0.39, 0.29) is 17.2 Å². The molecule has 48 valence electrons. The Morgan fingerprint density at radius 1 is 1.38 bits per heavy atom. The molecule has 8 heavy (non-hydrogen) atoms. The maximum absolute atomic E-state index is 2.64. The average molecular weight is 331 g/mol. The molecule has 0 amide bonds. The summed E-state index contributed by atoms with van der Waals surface area (Å²) in [4.78, 5) is 0. The summed E-state index contributed by atoms with van der Waals surface area (Å²) < 4.78 is 0.782. The van der Waals surface area contributed by atoms with Crippen LogP contribution < -0.4 is 0 Å². The van der Waals surface area contributed by atoms with E-state index < -0.39 is 0 Å². The Kier molecular flexibility index (Phi) is 5.19. The van der Waals surface area contributed by atoms with Crippen LogP contribution in [0.1, 0.15) is 33.6 Å². The molecule has 0 aromatic carbocycles. The van der Waals surface area contributed by atoms with Gasteiger partial charge in [0.1, 0.15) is 0 Å². The Labute approximate surface area is 72.2 Å². The van der Waals surface area contributed by atoms with E-state index in [1.54, 1.807) is 0 Å². The molecule has 2 radical (unpaired) electrons. The van der Waals surface area contributed by atoms with E-state index >= 15 is 0 Å². The first kappa shape index (κ1) is 9.53. The van der Waals surface area contributed by atoms with Crippen molar-refractivity contribution >= 4 is 35.8 Å². The summed E-state index contributed by atoms with van der Waals surface area (Å²) >= 11 is 2.59. The Balaban J connectivity index is 3.58. The van der Waals surface area contributed by atoms with E-state index in [0.29, 0.717) is 0 Å². The number of hydrogen-bond acceptors (Lipinski definition) is 0. The molecule has 0 fully saturated rings. The van der Waals surface area contributed by atoms with Crippen LogP contribution in [0.4, 0.5) is 0 Å². The Bertz CT molecular complexity index is 51.3. The van der Waals surface area contributed by atoms with Crippen molar-refractivity contribution in [1.29, 1.82) is 0 Å². The molecular formula is C6H13ISn. The molecule has 0 aromatic heterocycles. The zero-order valence-corrected chi connectivity index (χ0v) is 10.8. The molecule has 0 aliphatic carbocycles. The molecule has 0 aliphatic heterocycles. The second-order valence-electron chi connectivity index (χ2n) is 2.36. The summed E-state index contributed by atoms with van der Waals surface area (Å²) in [5.41, 5.74) is 0. The Hall–Kier alpha value is 1.53. The van der Waals surface area contributed by atoms with Gasteiger partial charge in [0.2, 0.25) is 0 Å². The molecule has 0 aliphatic rings. The van der Waals surface area contributed by atoms with Gasteiger partial charge in [-0.1, -0.05) is 0 Å². The first-order valence-corrected chi connectivity index (χ1v) is 12.8. The van der Waals surface area contributed by atoms with E-state index in [9.17, 15) is 0 Å². The molecule has 0 heterocycles. The monoisotopic (exact) mass is 332 g/mol. The van der Waals surface area contributed by atoms with Gasteiger partial charge in [-0.2, -0.15) is 0 Å². The third-order valence-corrected chi connectivity index (χ3v) is 13.8. The van der Waals surface area contributed by atoms with Crippen molar-refractivity contribution in [3.05, 3.63) is 0 Å². The van der Waals surface area contributed by atoms with Gasteiger partial charge in [-0.25, -0.2) is 0 Å². The van der Waals surface area contributed by atoms with Crippen molar-refractivity contribution in [2.75, 3.05) is 0 Å². The quantitative estimate of drug-likeness (QED) is 0.551. The maximum atomic E-state index is 2.64. The first-order valence-electron chi connectivity index (χ1n) is 3.06. The van der Waals surface area contributed by atoms with Gasteiger partial charge < -0.3 is 0 Å². The molecule has 0 saturated carbocycles.